The summed E-state index contributed by atoms with van der Waals surface area (Å²) in [5.74, 6) is -2.47. The number of nitrogens with zero attached hydrogens (tertiary/aromatic N) is 1. The van der Waals surface area contributed by atoms with Crippen LogP contribution in [0.4, 0.5) is 5.69 Å². The molecule has 1 rings (SSSR count). The van der Waals surface area contributed by atoms with E-state index in [4.69, 9.17) is 15.6 Å². The molecule has 3 N–H and O–H groups in total. The zero-order chi connectivity index (χ0) is 16.9. The zero-order valence-electron chi connectivity index (χ0n) is 12.1. The number of anilines is 1. The predicted molar refractivity (Wildman–Crippen MR) is 76.4 cm³/mol. The highest BCUT2D eigenvalue weighted by Crippen LogP contribution is 2.22. The second-order valence-electron chi connectivity index (χ2n) is 4.47. The molecule has 1 aromatic carbocycles. The lowest BCUT2D eigenvalue weighted by atomic mass is 10.0. The van der Waals surface area contributed by atoms with Gasteiger partial charge in [-0.15, -0.1) is 0 Å². The number of carboxylic acids is 1. The summed E-state index contributed by atoms with van der Waals surface area (Å²) in [6.45, 7) is 1.04. The number of hydrogen-bond donors (Lipinski definition) is 2. The Kier molecular flexibility index (Phi) is 5.62. The van der Waals surface area contributed by atoms with E-state index in [1.54, 1.807) is 6.07 Å². The highest BCUT2D eigenvalue weighted by molar-refractivity contribution is 6.04. The highest BCUT2D eigenvalue weighted by Gasteiger charge is 2.30. The van der Waals surface area contributed by atoms with Crippen molar-refractivity contribution in [2.24, 2.45) is 0 Å². The van der Waals surface area contributed by atoms with Gasteiger partial charge in [0.05, 0.1) is 7.11 Å². The first-order chi connectivity index (χ1) is 10.3. The van der Waals surface area contributed by atoms with E-state index >= 15 is 0 Å². The molecule has 0 radical (unpaired) electrons. The Labute approximate surface area is 126 Å². The van der Waals surface area contributed by atoms with Crippen molar-refractivity contribution in [3.8, 4) is 5.75 Å². The minimum Gasteiger partial charge on any atom is -0.497 e. The van der Waals surface area contributed by atoms with Gasteiger partial charge >= 0.3 is 5.97 Å². The third-order valence-electron chi connectivity index (χ3n) is 3.04. The van der Waals surface area contributed by atoms with Gasteiger partial charge in [-0.1, -0.05) is 0 Å². The smallest absolute Gasteiger partial charge is 0.327 e. The molecule has 0 aliphatic heterocycles. The van der Waals surface area contributed by atoms with Crippen LogP contribution in [0.15, 0.2) is 18.2 Å². The quantitative estimate of drug-likeness (QED) is 0.421. The molecule has 0 aromatic heterocycles. The van der Waals surface area contributed by atoms with E-state index in [1.807, 2.05) is 0 Å². The topological polar surface area (TPSA) is 127 Å². The molecule has 0 spiro atoms. The molecule has 22 heavy (non-hydrogen) atoms. The number of Topliss-reactive ketones (excluding diaryl/α,β-unsaturated/α-hetero) is 1. The number of aliphatic carboxylic acids is 1. The van der Waals surface area contributed by atoms with Gasteiger partial charge < -0.3 is 15.6 Å². The van der Waals surface area contributed by atoms with E-state index < -0.39 is 30.1 Å². The third kappa shape index (κ3) is 3.81. The van der Waals surface area contributed by atoms with Crippen LogP contribution in [0.2, 0.25) is 0 Å². The van der Waals surface area contributed by atoms with Crippen LogP contribution < -0.4 is 10.5 Å². The van der Waals surface area contributed by atoms with Crippen molar-refractivity contribution in [1.82, 2.24) is 4.90 Å². The van der Waals surface area contributed by atoms with Crippen LogP contribution in [-0.4, -0.2) is 47.2 Å². The van der Waals surface area contributed by atoms with E-state index in [0.717, 1.165) is 6.92 Å². The second-order valence-corrected chi connectivity index (χ2v) is 4.47. The summed E-state index contributed by atoms with van der Waals surface area (Å²) in [6, 6.07) is 2.78. The van der Waals surface area contributed by atoms with E-state index in [1.165, 1.54) is 19.2 Å². The number of rotatable bonds is 7. The largest absolute Gasteiger partial charge is 0.497 e. The SMILES string of the molecule is COc1ccc(N)c(C(=O)C[C@@H](C(=O)O)N(C=O)C(C)=O)c1. The first-order valence-electron chi connectivity index (χ1n) is 6.25. The molecule has 0 fully saturated rings. The predicted octanol–water partition coefficient (Wildman–Crippen LogP) is 0.308. The lowest BCUT2D eigenvalue weighted by Crippen LogP contribution is -2.44. The number of ether oxygens (including phenoxy) is 1. The zero-order valence-corrected chi connectivity index (χ0v) is 12.1. The molecule has 2 amide bonds. The Bertz CT molecular complexity index is 613. The number of ketones is 1. The molecule has 118 valence electrons. The van der Waals surface area contributed by atoms with E-state index in [2.05, 4.69) is 0 Å². The van der Waals surface area contributed by atoms with Gasteiger partial charge in [-0.25, -0.2) is 4.79 Å². The number of imide groups is 1. The fourth-order valence-corrected chi connectivity index (χ4v) is 1.86. The first kappa shape index (κ1) is 17.2. The Morgan fingerprint density at radius 2 is 2.05 bits per heavy atom. The van der Waals surface area contributed by atoms with Gasteiger partial charge in [0, 0.05) is 24.6 Å². The van der Waals surface area contributed by atoms with Crippen LogP contribution in [0.3, 0.4) is 0 Å². The number of carboxylic acid groups (broad SMARTS) is 1. The van der Waals surface area contributed by atoms with Gasteiger partial charge in [0.1, 0.15) is 11.8 Å². The van der Waals surface area contributed by atoms with Crippen molar-refractivity contribution in [2.45, 2.75) is 19.4 Å². The molecule has 0 saturated carbocycles. The lowest BCUT2D eigenvalue weighted by molar-refractivity contribution is -0.152. The minimum atomic E-state index is -1.59. The normalized spacial score (nSPS) is 11.4. The number of carbonyl (C=O) groups excluding carboxylic acids is 3. The summed E-state index contributed by atoms with van der Waals surface area (Å²) in [5.41, 5.74) is 5.91. The Balaban J connectivity index is 3.09. The van der Waals surface area contributed by atoms with Crippen molar-refractivity contribution >= 4 is 29.8 Å². The molecule has 0 heterocycles. The fourth-order valence-electron chi connectivity index (χ4n) is 1.86. The average molecular weight is 308 g/mol. The molecule has 0 bridgehead atoms. The molecule has 0 unspecified atom stereocenters. The van der Waals surface area contributed by atoms with Crippen molar-refractivity contribution in [2.75, 3.05) is 12.8 Å². The number of nitrogens with two attached hydrogens (primary N) is 1. The van der Waals surface area contributed by atoms with Crippen molar-refractivity contribution in [1.29, 1.82) is 0 Å². The molecular weight excluding hydrogens is 292 g/mol. The maximum atomic E-state index is 12.2. The van der Waals surface area contributed by atoms with Crippen LogP contribution in [0.1, 0.15) is 23.7 Å². The molecule has 1 atom stereocenters. The van der Waals surface area contributed by atoms with Gasteiger partial charge in [0.2, 0.25) is 12.3 Å². The summed E-state index contributed by atoms with van der Waals surface area (Å²) < 4.78 is 4.97. The number of methoxy groups -OCH3 is 1. The Morgan fingerprint density at radius 3 is 2.50 bits per heavy atom. The minimum absolute atomic E-state index is 0.0694. The summed E-state index contributed by atoms with van der Waals surface area (Å²) in [6.07, 6.45) is -0.492. The number of nitrogen functional groups attached to an aromatic ring is 1. The summed E-state index contributed by atoms with van der Waals surface area (Å²) in [4.78, 5) is 46.1. The van der Waals surface area contributed by atoms with E-state index in [9.17, 15) is 19.2 Å². The number of hydrogen-bond acceptors (Lipinski definition) is 6. The molecular formula is C14H16N2O6. The number of benzene rings is 1. The molecule has 0 aliphatic rings. The fraction of sp³-hybridized carbons (Fsp3) is 0.286. The van der Waals surface area contributed by atoms with Gasteiger partial charge in [0.15, 0.2) is 5.78 Å². The molecule has 8 nitrogen and oxygen atoms in total. The van der Waals surface area contributed by atoms with Gasteiger partial charge in [-0.05, 0) is 18.2 Å². The summed E-state index contributed by atoms with van der Waals surface area (Å²) in [5, 5.41) is 9.13. The van der Waals surface area contributed by atoms with Crippen LogP contribution in [0.25, 0.3) is 0 Å². The van der Waals surface area contributed by atoms with Crippen LogP contribution >= 0.6 is 0 Å². The third-order valence-corrected chi connectivity index (χ3v) is 3.04. The number of carbonyl (C=O) groups is 4. The first-order valence-corrected chi connectivity index (χ1v) is 6.25. The summed E-state index contributed by atoms with van der Waals surface area (Å²) in [7, 11) is 1.41. The number of amides is 2. The monoisotopic (exact) mass is 308 g/mol. The van der Waals surface area contributed by atoms with Crippen LogP contribution in [0.5, 0.6) is 5.75 Å². The molecule has 1 aromatic rings. The average Bonchev–Trinajstić information content (AvgIpc) is 2.46. The van der Waals surface area contributed by atoms with Crippen molar-refractivity contribution in [3.63, 3.8) is 0 Å². The maximum Gasteiger partial charge on any atom is 0.327 e. The molecule has 0 saturated heterocycles. The van der Waals surface area contributed by atoms with E-state index in [0.29, 0.717) is 10.6 Å². The highest BCUT2D eigenvalue weighted by atomic mass is 16.5. The van der Waals surface area contributed by atoms with E-state index in [-0.39, 0.29) is 17.7 Å². The Hall–Kier alpha value is -2.90. The Morgan fingerprint density at radius 1 is 1.41 bits per heavy atom. The molecule has 0 aliphatic carbocycles. The van der Waals surface area contributed by atoms with Crippen LogP contribution in [0, 0.1) is 0 Å². The lowest BCUT2D eigenvalue weighted by Gasteiger charge is -2.21. The van der Waals surface area contributed by atoms with Gasteiger partial charge in [0.25, 0.3) is 0 Å². The van der Waals surface area contributed by atoms with Crippen molar-refractivity contribution in [3.05, 3.63) is 23.8 Å². The second kappa shape index (κ2) is 7.21. The van der Waals surface area contributed by atoms with Gasteiger partial charge in [-0.2, -0.15) is 0 Å². The maximum absolute atomic E-state index is 12.2. The van der Waals surface area contributed by atoms with Gasteiger partial charge in [-0.3, -0.25) is 19.3 Å². The summed E-state index contributed by atoms with van der Waals surface area (Å²) >= 11 is 0. The van der Waals surface area contributed by atoms with Crippen molar-refractivity contribution < 1.29 is 29.0 Å². The molecule has 8 heteroatoms. The standard InChI is InChI=1S/C14H16N2O6/c1-8(18)16(7-17)12(14(20)21)6-13(19)10-5-9(22-2)3-4-11(10)15/h3-5,7,12H,6,15H2,1-2H3,(H,20,21)/t12-/m0/s1. The van der Waals surface area contributed by atoms with Crippen LogP contribution in [-0.2, 0) is 14.4 Å².